The Bertz CT molecular complexity index is 1210. The van der Waals surface area contributed by atoms with Gasteiger partial charge in [-0.05, 0) is 63.3 Å². The smallest absolute Gasteiger partial charge is 0.289 e. The van der Waals surface area contributed by atoms with E-state index in [9.17, 15) is 4.79 Å². The maximum Gasteiger partial charge on any atom is 0.289 e. The monoisotopic (exact) mass is 430 g/mol. The third kappa shape index (κ3) is 3.91. The molecule has 1 fully saturated rings. The summed E-state index contributed by atoms with van der Waals surface area (Å²) in [6.45, 7) is 5.56. The van der Waals surface area contributed by atoms with Gasteiger partial charge in [-0.25, -0.2) is 4.98 Å². The van der Waals surface area contributed by atoms with Crippen molar-refractivity contribution in [2.45, 2.75) is 58.2 Å². The van der Waals surface area contributed by atoms with E-state index >= 15 is 0 Å². The number of para-hydroxylation sites is 3. The first kappa shape index (κ1) is 20.8. The lowest BCUT2D eigenvalue weighted by Gasteiger charge is -2.37. The van der Waals surface area contributed by atoms with E-state index in [4.69, 9.17) is 4.42 Å². The lowest BCUT2D eigenvalue weighted by atomic mass is 9.89. The molecule has 1 aliphatic rings. The maximum atomic E-state index is 13.3. The Labute approximate surface area is 188 Å². The maximum absolute atomic E-state index is 13.3. The van der Waals surface area contributed by atoms with Gasteiger partial charge in [0.15, 0.2) is 5.82 Å². The van der Waals surface area contributed by atoms with Crippen LogP contribution in [0, 0.1) is 6.92 Å². The van der Waals surface area contributed by atoms with Crippen LogP contribution in [0.25, 0.3) is 22.0 Å². The van der Waals surface area contributed by atoms with Gasteiger partial charge in [0.25, 0.3) is 5.91 Å². The predicted octanol–water partition coefficient (Wildman–Crippen LogP) is 5.18. The molecule has 2 aromatic carbocycles. The molecule has 32 heavy (non-hydrogen) atoms. The summed E-state index contributed by atoms with van der Waals surface area (Å²) in [6, 6.07) is 16.5. The number of aromatic nitrogens is 2. The highest BCUT2D eigenvalue weighted by Gasteiger charge is 2.30. The molecule has 4 aromatic rings. The molecule has 166 valence electrons. The Kier molecular flexibility index (Phi) is 5.70. The summed E-state index contributed by atoms with van der Waals surface area (Å²) < 4.78 is 6.07. The number of carbonyl (C=O) groups is 1. The zero-order chi connectivity index (χ0) is 22.1. The largest absolute Gasteiger partial charge is 0.459 e. The number of carbonyl (C=O) groups excluding carboxylic acids is 1. The van der Waals surface area contributed by atoms with E-state index < -0.39 is 0 Å². The molecule has 0 radical (unpaired) electrons. The quantitative estimate of drug-likeness (QED) is 0.442. The van der Waals surface area contributed by atoms with Crippen molar-refractivity contribution < 1.29 is 9.21 Å². The molecule has 5 rings (SSSR count). The van der Waals surface area contributed by atoms with Crippen molar-refractivity contribution in [3.8, 4) is 0 Å². The molecule has 6 heteroatoms. The summed E-state index contributed by atoms with van der Waals surface area (Å²) in [7, 11) is 0. The number of hydrogen-bond donors (Lipinski definition) is 2. The van der Waals surface area contributed by atoms with Crippen LogP contribution in [-0.2, 0) is 6.54 Å². The molecule has 1 amide bonds. The number of amides is 1. The van der Waals surface area contributed by atoms with Crippen molar-refractivity contribution in [3.63, 3.8) is 0 Å². The third-order valence-corrected chi connectivity index (χ3v) is 6.77. The van der Waals surface area contributed by atoms with E-state index in [2.05, 4.69) is 35.2 Å². The number of benzene rings is 2. The number of hydrogen-bond acceptors (Lipinski definition) is 4. The first-order valence-electron chi connectivity index (χ1n) is 11.6. The zero-order valence-corrected chi connectivity index (χ0v) is 18.7. The molecule has 2 N–H and O–H groups in total. The molecule has 1 aliphatic carbocycles. The number of aromatic amines is 1. The summed E-state index contributed by atoms with van der Waals surface area (Å²) in [5.74, 6) is 1.42. The average Bonchev–Trinajstić information content (AvgIpc) is 3.40. The van der Waals surface area contributed by atoms with Gasteiger partial charge in [-0.3, -0.25) is 4.79 Å². The minimum atomic E-state index is -0.0116. The van der Waals surface area contributed by atoms with Crippen LogP contribution in [0.15, 0.2) is 52.9 Å². The van der Waals surface area contributed by atoms with Gasteiger partial charge in [-0.2, -0.15) is 0 Å². The number of furan rings is 1. The second-order valence-corrected chi connectivity index (χ2v) is 8.74. The van der Waals surface area contributed by atoms with E-state index in [1.54, 1.807) is 0 Å². The second-order valence-electron chi connectivity index (χ2n) is 8.74. The van der Waals surface area contributed by atoms with Crippen LogP contribution >= 0.6 is 0 Å². The van der Waals surface area contributed by atoms with E-state index in [1.165, 1.54) is 10.9 Å². The average molecular weight is 431 g/mol. The molecule has 0 saturated heterocycles. The van der Waals surface area contributed by atoms with Crippen molar-refractivity contribution >= 4 is 27.9 Å². The Balaban J connectivity index is 1.26. The van der Waals surface area contributed by atoms with Gasteiger partial charge in [0.05, 0.1) is 17.6 Å². The first-order valence-corrected chi connectivity index (χ1v) is 11.6. The molecule has 0 unspecified atom stereocenters. The van der Waals surface area contributed by atoms with E-state index in [-0.39, 0.29) is 11.9 Å². The second kappa shape index (κ2) is 8.79. The Morgan fingerprint density at radius 3 is 2.81 bits per heavy atom. The first-order chi connectivity index (χ1) is 15.6. The summed E-state index contributed by atoms with van der Waals surface area (Å²) in [6.07, 6.45) is 4.19. The van der Waals surface area contributed by atoms with Crippen LogP contribution in [-0.4, -0.2) is 39.4 Å². The Morgan fingerprint density at radius 2 is 2.00 bits per heavy atom. The number of imidazole rings is 1. The Morgan fingerprint density at radius 1 is 1.19 bits per heavy atom. The van der Waals surface area contributed by atoms with Crippen molar-refractivity contribution in [1.29, 1.82) is 0 Å². The van der Waals surface area contributed by atoms with Gasteiger partial charge in [-0.1, -0.05) is 30.3 Å². The molecule has 2 atom stereocenters. The van der Waals surface area contributed by atoms with E-state index in [0.29, 0.717) is 25.0 Å². The number of fused-ring (bicyclic) bond motifs is 2. The van der Waals surface area contributed by atoms with Crippen LogP contribution in [0.3, 0.4) is 0 Å². The molecular formula is C26H30N4O2. The highest BCUT2D eigenvalue weighted by atomic mass is 16.3. The van der Waals surface area contributed by atoms with Crippen LogP contribution in [0.2, 0.25) is 0 Å². The topological polar surface area (TPSA) is 74.2 Å². The lowest BCUT2D eigenvalue weighted by Crippen LogP contribution is -2.47. The van der Waals surface area contributed by atoms with Gasteiger partial charge in [0.1, 0.15) is 11.3 Å². The van der Waals surface area contributed by atoms with Crippen LogP contribution < -0.4 is 5.32 Å². The molecule has 2 aromatic heterocycles. The molecule has 2 heterocycles. The molecule has 1 saturated carbocycles. The highest BCUT2D eigenvalue weighted by Crippen LogP contribution is 2.27. The molecular weight excluding hydrogens is 400 g/mol. The summed E-state index contributed by atoms with van der Waals surface area (Å²) in [5.41, 5.74) is 3.88. The van der Waals surface area contributed by atoms with Crippen LogP contribution in [0.1, 0.15) is 54.5 Å². The van der Waals surface area contributed by atoms with Gasteiger partial charge in [-0.15, -0.1) is 0 Å². The van der Waals surface area contributed by atoms with Crippen molar-refractivity contribution in [3.05, 3.63) is 65.7 Å². The normalized spacial score (nSPS) is 18.9. The molecule has 6 nitrogen and oxygen atoms in total. The van der Waals surface area contributed by atoms with Gasteiger partial charge >= 0.3 is 0 Å². The summed E-state index contributed by atoms with van der Waals surface area (Å²) >= 11 is 0. The lowest BCUT2D eigenvalue weighted by molar-refractivity contribution is 0.0616. The molecule has 0 spiro atoms. The summed E-state index contributed by atoms with van der Waals surface area (Å²) in [4.78, 5) is 23.0. The molecule has 0 bridgehead atoms. The number of H-pyrrole nitrogens is 1. The van der Waals surface area contributed by atoms with Gasteiger partial charge in [0.2, 0.25) is 0 Å². The fraction of sp³-hybridized carbons (Fsp3) is 0.385. The van der Waals surface area contributed by atoms with Crippen molar-refractivity contribution in [2.75, 3.05) is 6.54 Å². The van der Waals surface area contributed by atoms with Crippen molar-refractivity contribution in [1.82, 2.24) is 20.2 Å². The SMILES string of the molecule is CCN(C(=O)c1nc2ccccc2[nH]1)[C@H]1CCC[C@@H](NCc2oc3ccccc3c2C)C1. The van der Waals surface area contributed by atoms with Crippen LogP contribution in [0.4, 0.5) is 0 Å². The fourth-order valence-electron chi connectivity index (χ4n) is 5.02. The zero-order valence-electron chi connectivity index (χ0n) is 18.7. The van der Waals surface area contributed by atoms with Crippen molar-refractivity contribution in [2.24, 2.45) is 0 Å². The summed E-state index contributed by atoms with van der Waals surface area (Å²) in [5, 5.41) is 4.87. The number of nitrogens with one attached hydrogen (secondary N) is 2. The van der Waals surface area contributed by atoms with Gasteiger partial charge < -0.3 is 19.6 Å². The minimum absolute atomic E-state index is 0.0116. The predicted molar refractivity (Wildman–Crippen MR) is 127 cm³/mol. The number of nitrogens with zero attached hydrogens (tertiary/aromatic N) is 2. The number of aryl methyl sites for hydroxylation is 1. The van der Waals surface area contributed by atoms with Gasteiger partial charge in [0, 0.05) is 24.0 Å². The third-order valence-electron chi connectivity index (χ3n) is 6.77. The standard InChI is InChI=1S/C26H30N4O2/c1-3-30(26(31)25-28-21-12-5-6-13-22(21)29-25)19-10-8-9-18(15-19)27-16-24-17(2)20-11-4-7-14-23(20)32-24/h4-7,11-14,18-19,27H,3,8-10,15-16H2,1-2H3,(H,28,29)/t18-,19+/m1/s1. The van der Waals surface area contributed by atoms with Crippen LogP contribution in [0.5, 0.6) is 0 Å². The minimum Gasteiger partial charge on any atom is -0.459 e. The highest BCUT2D eigenvalue weighted by molar-refractivity contribution is 5.94. The van der Waals surface area contributed by atoms with E-state index in [1.807, 2.05) is 47.4 Å². The fourth-order valence-corrected chi connectivity index (χ4v) is 5.02. The number of rotatable bonds is 6. The van der Waals surface area contributed by atoms with E-state index in [0.717, 1.165) is 48.1 Å². The molecule has 0 aliphatic heterocycles. The Hall–Kier alpha value is -3.12.